The molecule has 0 aliphatic carbocycles. The molecule has 0 heterocycles. The molecule has 26 heavy (non-hydrogen) atoms. The summed E-state index contributed by atoms with van der Waals surface area (Å²) < 4.78 is 5.42. The topological polar surface area (TPSA) is 78.9 Å². The number of hydrogen-bond donors (Lipinski definition) is 2. The predicted octanol–water partition coefficient (Wildman–Crippen LogP) is 2.51. The highest BCUT2D eigenvalue weighted by Crippen LogP contribution is 2.15. The molecule has 2 atom stereocenters. The minimum absolute atomic E-state index is 0.0103. The highest BCUT2D eigenvalue weighted by molar-refractivity contribution is 5.76. The van der Waals surface area contributed by atoms with Crippen LogP contribution in [0, 0.1) is 11.8 Å². The first-order valence-corrected chi connectivity index (χ1v) is 9.02. The number of esters is 1. The first kappa shape index (κ1) is 22.1. The molecule has 6 heteroatoms. The standard InChI is InChI=1S/C20H32N2O4/c1-13(2)17(21-5)20(25)26-12-16-9-7-8-15(10-16)11-22(6)18(14(3)4)19(23)24/h7-10,13-14,17-18,21H,11-12H2,1-6H3,(H,23,24). The molecular weight excluding hydrogens is 332 g/mol. The summed E-state index contributed by atoms with van der Waals surface area (Å²) >= 11 is 0. The van der Waals surface area contributed by atoms with Crippen LogP contribution in [0.2, 0.25) is 0 Å². The van der Waals surface area contributed by atoms with Gasteiger partial charge in [-0.1, -0.05) is 52.0 Å². The van der Waals surface area contributed by atoms with E-state index in [1.165, 1.54) is 0 Å². The number of benzene rings is 1. The second-order valence-electron chi connectivity index (χ2n) is 7.38. The molecule has 146 valence electrons. The molecule has 1 aromatic rings. The van der Waals surface area contributed by atoms with Crippen LogP contribution in [0.1, 0.15) is 38.8 Å². The van der Waals surface area contributed by atoms with E-state index in [0.29, 0.717) is 6.54 Å². The van der Waals surface area contributed by atoms with Crippen LogP contribution in [0.3, 0.4) is 0 Å². The lowest BCUT2D eigenvalue weighted by molar-refractivity contribution is -0.148. The van der Waals surface area contributed by atoms with E-state index in [1.807, 2.05) is 63.9 Å². The molecule has 0 spiro atoms. The number of rotatable bonds is 10. The molecule has 1 rings (SSSR count). The van der Waals surface area contributed by atoms with Crippen molar-refractivity contribution in [3.63, 3.8) is 0 Å². The van der Waals surface area contributed by atoms with Crippen LogP contribution >= 0.6 is 0 Å². The molecule has 0 amide bonds. The Hall–Kier alpha value is -1.92. The fourth-order valence-electron chi connectivity index (χ4n) is 3.15. The average molecular weight is 364 g/mol. The van der Waals surface area contributed by atoms with Crippen molar-refractivity contribution in [2.24, 2.45) is 11.8 Å². The van der Waals surface area contributed by atoms with Crippen LogP contribution in [0.4, 0.5) is 0 Å². The van der Waals surface area contributed by atoms with Crippen LogP contribution in [0.25, 0.3) is 0 Å². The van der Waals surface area contributed by atoms with Gasteiger partial charge in [-0.15, -0.1) is 0 Å². The maximum Gasteiger partial charge on any atom is 0.323 e. The highest BCUT2D eigenvalue weighted by atomic mass is 16.5. The SMILES string of the molecule is CNC(C(=O)OCc1cccc(CN(C)C(C(=O)O)C(C)C)c1)C(C)C. The molecule has 2 unspecified atom stereocenters. The van der Waals surface area contributed by atoms with E-state index in [4.69, 9.17) is 4.74 Å². The lowest BCUT2D eigenvalue weighted by Crippen LogP contribution is -2.41. The summed E-state index contributed by atoms with van der Waals surface area (Å²) in [5.41, 5.74) is 1.88. The third-order valence-corrected chi connectivity index (χ3v) is 4.40. The number of aliphatic carboxylic acids is 1. The van der Waals surface area contributed by atoms with Gasteiger partial charge in [0, 0.05) is 6.54 Å². The second kappa shape index (κ2) is 10.3. The number of hydrogen-bond acceptors (Lipinski definition) is 5. The average Bonchev–Trinajstić information content (AvgIpc) is 2.52. The van der Waals surface area contributed by atoms with Gasteiger partial charge in [0.05, 0.1) is 0 Å². The summed E-state index contributed by atoms with van der Waals surface area (Å²) in [7, 11) is 3.56. The van der Waals surface area contributed by atoms with Crippen LogP contribution in [-0.2, 0) is 27.5 Å². The summed E-state index contributed by atoms with van der Waals surface area (Å²) in [6, 6.07) is 6.83. The van der Waals surface area contributed by atoms with E-state index >= 15 is 0 Å². The number of carbonyl (C=O) groups is 2. The number of carboxylic acid groups (broad SMARTS) is 1. The van der Waals surface area contributed by atoms with E-state index in [0.717, 1.165) is 11.1 Å². The minimum Gasteiger partial charge on any atom is -0.480 e. The summed E-state index contributed by atoms with van der Waals surface area (Å²) in [6.45, 7) is 8.45. The van der Waals surface area contributed by atoms with Gasteiger partial charge in [-0.25, -0.2) is 0 Å². The van der Waals surface area contributed by atoms with Gasteiger partial charge in [0.1, 0.15) is 18.7 Å². The van der Waals surface area contributed by atoms with Crippen LogP contribution < -0.4 is 5.32 Å². The molecule has 0 saturated heterocycles. The lowest BCUT2D eigenvalue weighted by atomic mass is 10.0. The Bertz CT molecular complexity index is 601. The molecule has 2 N–H and O–H groups in total. The molecule has 1 aromatic carbocycles. The summed E-state index contributed by atoms with van der Waals surface area (Å²) in [6.07, 6.45) is 0. The maximum atomic E-state index is 12.1. The molecule has 0 fully saturated rings. The van der Waals surface area contributed by atoms with Crippen molar-refractivity contribution in [2.75, 3.05) is 14.1 Å². The zero-order chi connectivity index (χ0) is 19.9. The number of carbonyl (C=O) groups excluding carboxylic acids is 1. The number of nitrogens with one attached hydrogen (secondary N) is 1. The first-order valence-electron chi connectivity index (χ1n) is 9.02. The van der Waals surface area contributed by atoms with Crippen LogP contribution in [0.5, 0.6) is 0 Å². The van der Waals surface area contributed by atoms with Gasteiger partial charge in [0.25, 0.3) is 0 Å². The van der Waals surface area contributed by atoms with Gasteiger partial charge in [-0.05, 0) is 37.1 Å². The largest absolute Gasteiger partial charge is 0.480 e. The Labute approximate surface area is 156 Å². The number of likely N-dealkylation sites (N-methyl/N-ethyl adjacent to an activating group) is 2. The maximum absolute atomic E-state index is 12.1. The Morgan fingerprint density at radius 2 is 1.77 bits per heavy atom. The fourth-order valence-corrected chi connectivity index (χ4v) is 3.15. The lowest BCUT2D eigenvalue weighted by Gasteiger charge is -2.27. The third kappa shape index (κ3) is 6.42. The van der Waals surface area contributed by atoms with Crippen LogP contribution in [-0.4, -0.2) is 48.1 Å². The van der Waals surface area contributed by atoms with Crippen molar-refractivity contribution in [2.45, 2.75) is 52.9 Å². The van der Waals surface area contributed by atoms with Crippen molar-refractivity contribution in [3.8, 4) is 0 Å². The van der Waals surface area contributed by atoms with E-state index in [1.54, 1.807) is 7.05 Å². The second-order valence-corrected chi connectivity index (χ2v) is 7.38. The third-order valence-electron chi connectivity index (χ3n) is 4.40. The minimum atomic E-state index is -0.820. The van der Waals surface area contributed by atoms with Gasteiger partial charge in [0.2, 0.25) is 0 Å². The van der Waals surface area contributed by atoms with Gasteiger partial charge in [0.15, 0.2) is 0 Å². The molecule has 0 saturated carbocycles. The van der Waals surface area contributed by atoms with Gasteiger partial charge in [-0.2, -0.15) is 0 Å². The highest BCUT2D eigenvalue weighted by Gasteiger charge is 2.26. The summed E-state index contributed by atoms with van der Waals surface area (Å²) in [5, 5.41) is 12.4. The molecule has 0 aliphatic rings. The predicted molar refractivity (Wildman–Crippen MR) is 102 cm³/mol. The normalized spacial score (nSPS) is 13.9. The fraction of sp³-hybridized carbons (Fsp3) is 0.600. The Morgan fingerprint density at radius 1 is 1.15 bits per heavy atom. The summed E-state index contributed by atoms with van der Waals surface area (Å²) in [4.78, 5) is 25.4. The van der Waals surface area contributed by atoms with Crippen molar-refractivity contribution in [1.82, 2.24) is 10.2 Å². The Morgan fingerprint density at radius 3 is 2.27 bits per heavy atom. The Kier molecular flexibility index (Phi) is 8.75. The quantitative estimate of drug-likeness (QED) is 0.621. The summed E-state index contributed by atoms with van der Waals surface area (Å²) in [5.74, 6) is -0.928. The molecule has 0 aromatic heterocycles. The molecule has 0 aliphatic heterocycles. The first-order chi connectivity index (χ1) is 12.2. The zero-order valence-corrected chi connectivity index (χ0v) is 16.7. The number of ether oxygens (including phenoxy) is 1. The molecule has 6 nitrogen and oxygen atoms in total. The van der Waals surface area contributed by atoms with Crippen molar-refractivity contribution in [3.05, 3.63) is 35.4 Å². The van der Waals surface area contributed by atoms with Gasteiger partial charge in [-0.3, -0.25) is 14.5 Å². The molecule has 0 radical (unpaired) electrons. The van der Waals surface area contributed by atoms with E-state index in [2.05, 4.69) is 5.32 Å². The van der Waals surface area contributed by atoms with Gasteiger partial charge >= 0.3 is 11.9 Å². The van der Waals surface area contributed by atoms with Crippen molar-refractivity contribution in [1.29, 1.82) is 0 Å². The number of carboxylic acids is 1. The number of nitrogens with zero attached hydrogens (tertiary/aromatic N) is 1. The smallest absolute Gasteiger partial charge is 0.323 e. The van der Waals surface area contributed by atoms with Gasteiger partial charge < -0.3 is 15.2 Å². The van der Waals surface area contributed by atoms with Crippen molar-refractivity contribution < 1.29 is 19.4 Å². The van der Waals surface area contributed by atoms with E-state index in [-0.39, 0.29) is 30.5 Å². The molecule has 0 bridgehead atoms. The van der Waals surface area contributed by atoms with E-state index in [9.17, 15) is 14.7 Å². The molecular formula is C20H32N2O4. The Balaban J connectivity index is 2.73. The van der Waals surface area contributed by atoms with Crippen LogP contribution in [0.15, 0.2) is 24.3 Å². The monoisotopic (exact) mass is 364 g/mol. The van der Waals surface area contributed by atoms with Crippen molar-refractivity contribution >= 4 is 11.9 Å². The van der Waals surface area contributed by atoms with E-state index < -0.39 is 12.0 Å². The zero-order valence-electron chi connectivity index (χ0n) is 16.7.